The van der Waals surface area contributed by atoms with Crippen LogP contribution >= 0.6 is 0 Å². The molecule has 0 aliphatic heterocycles. The monoisotopic (exact) mass is 271 g/mol. The maximum absolute atomic E-state index is 8.82. The standard InChI is InChI=1S/C18H25NO/c1-19(18-12-3-2-4-13-18)15-17-11-6-5-9-16(17)10-7-8-14-20/h5-6,9,11,18,20H,2-4,8,12-15H2,1H3. The quantitative estimate of drug-likeness (QED) is 0.850. The lowest BCUT2D eigenvalue weighted by Gasteiger charge is -2.31. The zero-order valence-corrected chi connectivity index (χ0v) is 12.4. The highest BCUT2D eigenvalue weighted by Gasteiger charge is 2.18. The number of aliphatic hydroxyl groups excluding tert-OH is 1. The molecule has 0 bridgehead atoms. The molecule has 0 spiro atoms. The lowest BCUT2D eigenvalue weighted by molar-refractivity contribution is 0.184. The van der Waals surface area contributed by atoms with Gasteiger partial charge in [-0.25, -0.2) is 0 Å². The summed E-state index contributed by atoms with van der Waals surface area (Å²) in [6.07, 6.45) is 7.34. The van der Waals surface area contributed by atoms with E-state index in [1.54, 1.807) is 0 Å². The molecule has 1 aliphatic rings. The molecular formula is C18H25NO. The van der Waals surface area contributed by atoms with Crippen molar-refractivity contribution in [3.63, 3.8) is 0 Å². The number of nitrogens with zero attached hydrogens (tertiary/aromatic N) is 1. The minimum atomic E-state index is 0.136. The fraction of sp³-hybridized carbons (Fsp3) is 0.556. The number of benzene rings is 1. The summed E-state index contributed by atoms with van der Waals surface area (Å²) in [6, 6.07) is 9.09. The van der Waals surface area contributed by atoms with E-state index in [4.69, 9.17) is 5.11 Å². The SMILES string of the molecule is CN(Cc1ccccc1C#CCCO)C1CCCCC1. The molecule has 1 aromatic rings. The predicted octanol–water partition coefficient (Wildman–Crippen LogP) is 3.19. The molecule has 0 heterocycles. The van der Waals surface area contributed by atoms with Crippen molar-refractivity contribution in [3.8, 4) is 11.8 Å². The van der Waals surface area contributed by atoms with Crippen LogP contribution in [0, 0.1) is 11.8 Å². The van der Waals surface area contributed by atoms with Crippen LogP contribution in [-0.4, -0.2) is 29.7 Å². The molecule has 1 aliphatic carbocycles. The van der Waals surface area contributed by atoms with Crippen LogP contribution in [-0.2, 0) is 6.54 Å². The molecule has 0 amide bonds. The summed E-state index contributed by atoms with van der Waals surface area (Å²) < 4.78 is 0. The van der Waals surface area contributed by atoms with E-state index in [1.165, 1.54) is 37.7 Å². The zero-order chi connectivity index (χ0) is 14.2. The van der Waals surface area contributed by atoms with E-state index >= 15 is 0 Å². The Balaban J connectivity index is 2.03. The van der Waals surface area contributed by atoms with E-state index < -0.39 is 0 Å². The highest BCUT2D eigenvalue weighted by Crippen LogP contribution is 2.23. The van der Waals surface area contributed by atoms with Crippen molar-refractivity contribution < 1.29 is 5.11 Å². The van der Waals surface area contributed by atoms with Crippen molar-refractivity contribution in [2.24, 2.45) is 0 Å². The summed E-state index contributed by atoms with van der Waals surface area (Å²) in [5.74, 6) is 6.21. The van der Waals surface area contributed by atoms with Gasteiger partial charge >= 0.3 is 0 Å². The number of aliphatic hydroxyl groups is 1. The van der Waals surface area contributed by atoms with Gasteiger partial charge in [0.05, 0.1) is 6.61 Å². The largest absolute Gasteiger partial charge is 0.395 e. The number of rotatable bonds is 4. The molecule has 0 saturated heterocycles. The predicted molar refractivity (Wildman–Crippen MR) is 83.4 cm³/mol. The van der Waals surface area contributed by atoms with Crippen LogP contribution in [0.15, 0.2) is 24.3 Å². The summed E-state index contributed by atoms with van der Waals surface area (Å²) in [5.41, 5.74) is 2.40. The Labute approximate surface area is 122 Å². The first-order chi connectivity index (χ1) is 9.81. The molecule has 20 heavy (non-hydrogen) atoms. The molecule has 2 rings (SSSR count). The van der Waals surface area contributed by atoms with Gasteiger partial charge in [0.25, 0.3) is 0 Å². The minimum Gasteiger partial charge on any atom is -0.395 e. The molecule has 0 aromatic heterocycles. The second-order valence-corrected chi connectivity index (χ2v) is 5.64. The molecule has 1 saturated carbocycles. The van der Waals surface area contributed by atoms with Gasteiger partial charge in [-0.3, -0.25) is 4.90 Å². The molecule has 1 N–H and O–H groups in total. The van der Waals surface area contributed by atoms with Crippen LogP contribution in [0.3, 0.4) is 0 Å². The van der Waals surface area contributed by atoms with Crippen LogP contribution in [0.2, 0.25) is 0 Å². The van der Waals surface area contributed by atoms with Gasteiger partial charge in [-0.2, -0.15) is 0 Å². The first kappa shape index (κ1) is 15.1. The van der Waals surface area contributed by atoms with Crippen molar-refractivity contribution in [1.82, 2.24) is 4.90 Å². The summed E-state index contributed by atoms with van der Waals surface area (Å²) in [6.45, 7) is 1.10. The van der Waals surface area contributed by atoms with E-state index in [9.17, 15) is 0 Å². The molecule has 1 fully saturated rings. The van der Waals surface area contributed by atoms with Crippen molar-refractivity contribution >= 4 is 0 Å². The Hall–Kier alpha value is -1.30. The van der Waals surface area contributed by atoms with Crippen molar-refractivity contribution in [3.05, 3.63) is 35.4 Å². The van der Waals surface area contributed by atoms with Crippen LogP contribution in [0.1, 0.15) is 49.7 Å². The Morgan fingerprint density at radius 2 is 1.95 bits per heavy atom. The Morgan fingerprint density at radius 3 is 2.70 bits per heavy atom. The summed E-state index contributed by atoms with van der Waals surface area (Å²) in [5, 5.41) is 8.82. The maximum atomic E-state index is 8.82. The normalized spacial score (nSPS) is 15.9. The molecule has 0 unspecified atom stereocenters. The second kappa shape index (κ2) is 8.09. The van der Waals surface area contributed by atoms with Gasteiger partial charge in [0.1, 0.15) is 0 Å². The Bertz CT molecular complexity index is 466. The Kier molecular flexibility index (Phi) is 6.11. The van der Waals surface area contributed by atoms with Crippen LogP contribution in [0.4, 0.5) is 0 Å². The minimum absolute atomic E-state index is 0.136. The number of hydrogen-bond donors (Lipinski definition) is 1. The lowest BCUT2D eigenvalue weighted by Crippen LogP contribution is -2.33. The van der Waals surface area contributed by atoms with Gasteiger partial charge in [0.15, 0.2) is 0 Å². The maximum Gasteiger partial charge on any atom is 0.0540 e. The fourth-order valence-corrected chi connectivity index (χ4v) is 2.91. The van der Waals surface area contributed by atoms with Crippen LogP contribution in [0.5, 0.6) is 0 Å². The van der Waals surface area contributed by atoms with Crippen LogP contribution in [0.25, 0.3) is 0 Å². The topological polar surface area (TPSA) is 23.5 Å². The van der Waals surface area contributed by atoms with E-state index in [0.717, 1.165) is 18.2 Å². The van der Waals surface area contributed by atoms with Gasteiger partial charge in [-0.05, 0) is 31.5 Å². The van der Waals surface area contributed by atoms with E-state index in [2.05, 4.69) is 42.0 Å². The van der Waals surface area contributed by atoms with E-state index in [-0.39, 0.29) is 6.61 Å². The van der Waals surface area contributed by atoms with Gasteiger partial charge in [-0.1, -0.05) is 49.3 Å². The molecule has 2 heteroatoms. The second-order valence-electron chi connectivity index (χ2n) is 5.64. The summed E-state index contributed by atoms with van der Waals surface area (Å²) in [7, 11) is 2.23. The van der Waals surface area contributed by atoms with Crippen molar-refractivity contribution in [2.75, 3.05) is 13.7 Å². The van der Waals surface area contributed by atoms with Gasteiger partial charge in [0, 0.05) is 24.6 Å². The molecule has 1 aromatic carbocycles. The van der Waals surface area contributed by atoms with Gasteiger partial charge in [0.2, 0.25) is 0 Å². The molecular weight excluding hydrogens is 246 g/mol. The van der Waals surface area contributed by atoms with Crippen molar-refractivity contribution in [1.29, 1.82) is 0 Å². The lowest BCUT2D eigenvalue weighted by atomic mass is 9.94. The Morgan fingerprint density at radius 1 is 1.20 bits per heavy atom. The third kappa shape index (κ3) is 4.37. The first-order valence-electron chi connectivity index (χ1n) is 7.69. The van der Waals surface area contributed by atoms with Crippen LogP contribution < -0.4 is 0 Å². The molecule has 0 atom stereocenters. The average molecular weight is 271 g/mol. The highest BCUT2D eigenvalue weighted by molar-refractivity contribution is 5.41. The van der Waals surface area contributed by atoms with E-state index in [1.807, 2.05) is 6.07 Å². The first-order valence-corrected chi connectivity index (χ1v) is 7.69. The third-order valence-electron chi connectivity index (χ3n) is 4.10. The smallest absolute Gasteiger partial charge is 0.0540 e. The van der Waals surface area contributed by atoms with Gasteiger partial charge < -0.3 is 5.11 Å². The summed E-state index contributed by atoms with van der Waals surface area (Å²) >= 11 is 0. The average Bonchev–Trinajstić information content (AvgIpc) is 2.50. The van der Waals surface area contributed by atoms with Gasteiger partial charge in [-0.15, -0.1) is 0 Å². The fourth-order valence-electron chi connectivity index (χ4n) is 2.91. The van der Waals surface area contributed by atoms with Crippen molar-refractivity contribution in [2.45, 2.75) is 51.1 Å². The zero-order valence-electron chi connectivity index (χ0n) is 12.4. The molecule has 0 radical (unpaired) electrons. The highest BCUT2D eigenvalue weighted by atomic mass is 16.2. The molecule has 108 valence electrons. The third-order valence-corrected chi connectivity index (χ3v) is 4.10. The summed E-state index contributed by atoms with van der Waals surface area (Å²) in [4.78, 5) is 2.48. The molecule has 2 nitrogen and oxygen atoms in total. The number of hydrogen-bond acceptors (Lipinski definition) is 2. The van der Waals surface area contributed by atoms with E-state index in [0.29, 0.717) is 6.42 Å².